The molecule has 0 saturated carbocycles. The number of piperazine rings is 1. The number of fused-ring (bicyclic) bond motifs is 1. The van der Waals surface area contributed by atoms with E-state index in [4.69, 9.17) is 0 Å². The van der Waals surface area contributed by atoms with E-state index in [1.54, 1.807) is 6.07 Å². The van der Waals surface area contributed by atoms with Gasteiger partial charge in [-0.05, 0) is 56.1 Å². The molecule has 0 aliphatic carbocycles. The zero-order chi connectivity index (χ0) is 22.2. The normalized spacial score (nSPS) is 18.9. The van der Waals surface area contributed by atoms with Crippen molar-refractivity contribution in [3.63, 3.8) is 0 Å². The van der Waals surface area contributed by atoms with Crippen LogP contribution in [0.3, 0.4) is 0 Å². The van der Waals surface area contributed by atoms with Crippen LogP contribution in [0.25, 0.3) is 0 Å². The first-order valence-electron chi connectivity index (χ1n) is 11.1. The maximum absolute atomic E-state index is 13.1. The summed E-state index contributed by atoms with van der Waals surface area (Å²) in [5.41, 5.74) is 5.69. The Kier molecular flexibility index (Phi) is 6.40. The Morgan fingerprint density at radius 3 is 2.42 bits per heavy atom. The van der Waals surface area contributed by atoms with Gasteiger partial charge in [0.2, 0.25) is 10.0 Å². The van der Waals surface area contributed by atoms with Crippen LogP contribution in [0.1, 0.15) is 28.3 Å². The summed E-state index contributed by atoms with van der Waals surface area (Å²) in [6.07, 6.45) is 1.05. The highest BCUT2D eigenvalue weighted by molar-refractivity contribution is 7.89. The molecule has 6 nitrogen and oxygen atoms in total. The Balaban J connectivity index is 1.59. The van der Waals surface area contributed by atoms with Gasteiger partial charge in [-0.2, -0.15) is 0 Å². The molecule has 1 N–H and O–H groups in total. The van der Waals surface area contributed by atoms with Gasteiger partial charge in [0.05, 0.1) is 4.90 Å². The summed E-state index contributed by atoms with van der Waals surface area (Å²) in [5.74, 6) is 0. The first-order valence-corrected chi connectivity index (χ1v) is 12.6. The zero-order valence-electron chi connectivity index (χ0n) is 19.1. The summed E-state index contributed by atoms with van der Waals surface area (Å²) >= 11 is 0. The molecule has 1 atom stereocenters. The van der Waals surface area contributed by atoms with E-state index >= 15 is 0 Å². The lowest BCUT2D eigenvalue weighted by Crippen LogP contribution is -2.48. The van der Waals surface area contributed by atoms with Crippen LogP contribution in [0.2, 0.25) is 0 Å². The minimum atomic E-state index is -3.58. The standard InChI is InChI=1S/C24H34N4O2S/c1-18-5-8-24(19(2)15-18)31(29,30)25-17-23(28-13-11-26(3)12-14-28)20-6-7-22-21(16-20)9-10-27(22)4/h5-8,15-16,23,25H,9-14,17H2,1-4H3/t23-/m1/s1. The SMILES string of the molecule is Cc1ccc(S(=O)(=O)NC[C@H](c2ccc3c(c2)CCN3C)N2CCN(C)CC2)c(C)c1. The van der Waals surface area contributed by atoms with E-state index in [1.807, 2.05) is 26.0 Å². The number of aryl methyl sites for hydroxylation is 2. The van der Waals surface area contributed by atoms with Crippen molar-refractivity contribution in [3.8, 4) is 0 Å². The Labute approximate surface area is 186 Å². The van der Waals surface area contributed by atoms with Crippen LogP contribution < -0.4 is 9.62 Å². The van der Waals surface area contributed by atoms with E-state index in [0.717, 1.165) is 50.3 Å². The molecule has 1 saturated heterocycles. The summed E-state index contributed by atoms with van der Waals surface area (Å²) < 4.78 is 29.2. The van der Waals surface area contributed by atoms with Crippen molar-refractivity contribution in [1.82, 2.24) is 14.5 Å². The van der Waals surface area contributed by atoms with Gasteiger partial charge >= 0.3 is 0 Å². The van der Waals surface area contributed by atoms with Gasteiger partial charge in [-0.3, -0.25) is 4.90 Å². The second-order valence-electron chi connectivity index (χ2n) is 9.04. The Bertz CT molecular complexity index is 1050. The molecule has 0 spiro atoms. The molecule has 31 heavy (non-hydrogen) atoms. The zero-order valence-corrected chi connectivity index (χ0v) is 19.9. The number of sulfonamides is 1. The van der Waals surface area contributed by atoms with Crippen molar-refractivity contribution in [3.05, 3.63) is 58.7 Å². The Morgan fingerprint density at radius 1 is 0.968 bits per heavy atom. The van der Waals surface area contributed by atoms with Crippen LogP contribution >= 0.6 is 0 Å². The summed E-state index contributed by atoms with van der Waals surface area (Å²) in [7, 11) is 0.690. The highest BCUT2D eigenvalue weighted by atomic mass is 32.2. The largest absolute Gasteiger partial charge is 0.374 e. The molecule has 0 amide bonds. The van der Waals surface area contributed by atoms with Crippen LogP contribution in [-0.4, -0.2) is 71.6 Å². The molecule has 2 heterocycles. The molecule has 168 valence electrons. The van der Waals surface area contributed by atoms with Crippen molar-refractivity contribution in [1.29, 1.82) is 0 Å². The fourth-order valence-corrected chi connectivity index (χ4v) is 6.02. The highest BCUT2D eigenvalue weighted by Crippen LogP contribution is 2.31. The summed E-state index contributed by atoms with van der Waals surface area (Å²) in [4.78, 5) is 7.40. The lowest BCUT2D eigenvalue weighted by molar-refractivity contribution is 0.113. The third-order valence-electron chi connectivity index (χ3n) is 6.68. The van der Waals surface area contributed by atoms with Gasteiger partial charge in [0, 0.05) is 58.0 Å². The smallest absolute Gasteiger partial charge is 0.240 e. The predicted octanol–water partition coefficient (Wildman–Crippen LogP) is 2.56. The number of rotatable bonds is 6. The van der Waals surface area contributed by atoms with Crippen molar-refractivity contribution in [2.45, 2.75) is 31.2 Å². The first kappa shape index (κ1) is 22.3. The molecule has 2 aliphatic heterocycles. The van der Waals surface area contributed by atoms with Gasteiger partial charge in [-0.25, -0.2) is 13.1 Å². The van der Waals surface area contributed by atoms with Crippen molar-refractivity contribution >= 4 is 15.7 Å². The van der Waals surface area contributed by atoms with Crippen molar-refractivity contribution < 1.29 is 8.42 Å². The molecule has 7 heteroatoms. The summed E-state index contributed by atoms with van der Waals surface area (Å²) in [5, 5.41) is 0. The van der Waals surface area contributed by atoms with E-state index in [-0.39, 0.29) is 6.04 Å². The van der Waals surface area contributed by atoms with Crippen LogP contribution in [-0.2, 0) is 16.4 Å². The predicted molar refractivity (Wildman–Crippen MR) is 126 cm³/mol. The van der Waals surface area contributed by atoms with Gasteiger partial charge in [0.15, 0.2) is 0 Å². The monoisotopic (exact) mass is 442 g/mol. The van der Waals surface area contributed by atoms with Crippen molar-refractivity contribution in [2.75, 3.05) is 58.3 Å². The number of hydrogen-bond acceptors (Lipinski definition) is 5. The number of hydrogen-bond donors (Lipinski definition) is 1. The quantitative estimate of drug-likeness (QED) is 0.745. The average molecular weight is 443 g/mol. The number of likely N-dealkylation sites (N-methyl/N-ethyl adjacent to an activating group) is 2. The van der Waals surface area contributed by atoms with Gasteiger partial charge < -0.3 is 9.80 Å². The fourth-order valence-electron chi connectivity index (χ4n) is 4.75. The molecular weight excluding hydrogens is 408 g/mol. The third-order valence-corrected chi connectivity index (χ3v) is 8.27. The number of nitrogens with zero attached hydrogens (tertiary/aromatic N) is 3. The summed E-state index contributed by atoms with van der Waals surface area (Å²) in [6, 6.07) is 12.2. The van der Waals surface area contributed by atoms with E-state index in [1.165, 1.54) is 16.8 Å². The topological polar surface area (TPSA) is 55.9 Å². The minimum Gasteiger partial charge on any atom is -0.374 e. The van der Waals surface area contributed by atoms with Gasteiger partial charge in [-0.1, -0.05) is 29.8 Å². The molecule has 2 aliphatic rings. The lowest BCUT2D eigenvalue weighted by atomic mass is 10.0. The second-order valence-corrected chi connectivity index (χ2v) is 10.8. The van der Waals surface area contributed by atoms with Crippen LogP contribution in [0.5, 0.6) is 0 Å². The fraction of sp³-hybridized carbons (Fsp3) is 0.500. The molecule has 0 aromatic heterocycles. The molecule has 0 bridgehead atoms. The summed E-state index contributed by atoms with van der Waals surface area (Å²) in [6.45, 7) is 9.10. The molecule has 4 rings (SSSR count). The van der Waals surface area contributed by atoms with E-state index in [0.29, 0.717) is 11.4 Å². The van der Waals surface area contributed by atoms with E-state index in [9.17, 15) is 8.42 Å². The van der Waals surface area contributed by atoms with Crippen LogP contribution in [0, 0.1) is 13.8 Å². The molecule has 0 unspecified atom stereocenters. The third kappa shape index (κ3) is 4.80. The first-order chi connectivity index (χ1) is 14.7. The molecule has 1 fully saturated rings. The Hall–Kier alpha value is -1.93. The highest BCUT2D eigenvalue weighted by Gasteiger charge is 2.28. The Morgan fingerprint density at radius 2 is 1.71 bits per heavy atom. The number of anilines is 1. The van der Waals surface area contributed by atoms with Crippen LogP contribution in [0.15, 0.2) is 41.3 Å². The van der Waals surface area contributed by atoms with Gasteiger partial charge in [-0.15, -0.1) is 0 Å². The molecule has 2 aromatic rings. The number of nitrogens with one attached hydrogen (secondary N) is 1. The second kappa shape index (κ2) is 8.90. The molecule has 0 radical (unpaired) electrons. The van der Waals surface area contributed by atoms with Crippen LogP contribution in [0.4, 0.5) is 5.69 Å². The van der Waals surface area contributed by atoms with E-state index < -0.39 is 10.0 Å². The number of benzene rings is 2. The van der Waals surface area contributed by atoms with Gasteiger partial charge in [0.1, 0.15) is 0 Å². The van der Waals surface area contributed by atoms with Gasteiger partial charge in [0.25, 0.3) is 0 Å². The maximum atomic E-state index is 13.1. The van der Waals surface area contributed by atoms with Crippen molar-refractivity contribution in [2.24, 2.45) is 0 Å². The molecule has 2 aromatic carbocycles. The minimum absolute atomic E-state index is 0.0189. The van der Waals surface area contributed by atoms with E-state index in [2.05, 4.69) is 51.7 Å². The lowest BCUT2D eigenvalue weighted by Gasteiger charge is -2.38. The maximum Gasteiger partial charge on any atom is 0.240 e. The average Bonchev–Trinajstić information content (AvgIpc) is 3.09. The molecular formula is C24H34N4O2S.